The van der Waals surface area contributed by atoms with Crippen LogP contribution in [0.2, 0.25) is 0 Å². The Kier molecular flexibility index (Phi) is 5.73. The van der Waals surface area contributed by atoms with Crippen molar-refractivity contribution in [3.63, 3.8) is 0 Å². The lowest BCUT2D eigenvalue weighted by molar-refractivity contribution is 0.394. The van der Waals surface area contributed by atoms with Gasteiger partial charge in [-0.2, -0.15) is 0 Å². The SMILES string of the molecule is C=CCn1ccc(-c2cnc3ccc(N(CC4CC4)c4cc(OC)cc(OC)c4)cc3n2)c1. The van der Waals surface area contributed by atoms with Crippen molar-refractivity contribution in [3.05, 3.63) is 73.7 Å². The van der Waals surface area contributed by atoms with E-state index in [1.165, 1.54) is 12.8 Å². The standard InChI is InChI=1S/C27H28N4O2/c1-4-10-30-11-9-20(18-30)27-16-28-25-8-7-21(14-26(25)29-27)31(17-19-5-6-19)22-12-23(32-2)15-24(13-22)33-3/h4,7-9,11-16,18-19H,1,5-6,10,17H2,2-3H3. The van der Waals surface area contributed by atoms with Crippen molar-refractivity contribution in [1.82, 2.24) is 14.5 Å². The number of rotatable bonds is 9. The van der Waals surface area contributed by atoms with E-state index in [-0.39, 0.29) is 0 Å². The first kappa shape index (κ1) is 21.1. The van der Waals surface area contributed by atoms with Gasteiger partial charge in [0.15, 0.2) is 0 Å². The van der Waals surface area contributed by atoms with Gasteiger partial charge in [-0.25, -0.2) is 4.98 Å². The second-order valence-corrected chi connectivity index (χ2v) is 8.44. The zero-order chi connectivity index (χ0) is 22.8. The second-order valence-electron chi connectivity index (χ2n) is 8.44. The summed E-state index contributed by atoms with van der Waals surface area (Å²) >= 11 is 0. The number of anilines is 2. The molecule has 0 N–H and O–H groups in total. The lowest BCUT2D eigenvalue weighted by Crippen LogP contribution is -2.20. The summed E-state index contributed by atoms with van der Waals surface area (Å²) in [5, 5.41) is 0. The van der Waals surface area contributed by atoms with Crippen LogP contribution in [0.3, 0.4) is 0 Å². The van der Waals surface area contributed by atoms with E-state index in [9.17, 15) is 0 Å². The zero-order valence-electron chi connectivity index (χ0n) is 19.1. The van der Waals surface area contributed by atoms with Gasteiger partial charge in [0.05, 0.1) is 37.1 Å². The number of nitrogens with zero attached hydrogens (tertiary/aromatic N) is 4. The van der Waals surface area contributed by atoms with Crippen molar-refractivity contribution in [3.8, 4) is 22.8 Å². The summed E-state index contributed by atoms with van der Waals surface area (Å²) in [6, 6.07) is 14.4. The molecule has 5 rings (SSSR count). The summed E-state index contributed by atoms with van der Waals surface area (Å²) in [6.45, 7) is 5.52. The van der Waals surface area contributed by atoms with Gasteiger partial charge in [-0.05, 0) is 43.0 Å². The predicted octanol–water partition coefficient (Wildman–Crippen LogP) is 5.85. The molecule has 168 valence electrons. The van der Waals surface area contributed by atoms with Gasteiger partial charge in [0, 0.05) is 60.6 Å². The van der Waals surface area contributed by atoms with Crippen LogP contribution in [-0.4, -0.2) is 35.3 Å². The summed E-state index contributed by atoms with van der Waals surface area (Å²) in [5.41, 5.74) is 5.78. The molecule has 1 aliphatic carbocycles. The van der Waals surface area contributed by atoms with Crippen LogP contribution in [0.25, 0.3) is 22.3 Å². The minimum absolute atomic E-state index is 0.694. The number of ether oxygens (including phenoxy) is 2. The van der Waals surface area contributed by atoms with Gasteiger partial charge in [-0.1, -0.05) is 6.08 Å². The van der Waals surface area contributed by atoms with E-state index in [0.717, 1.165) is 58.3 Å². The average Bonchev–Trinajstić information content (AvgIpc) is 3.56. The van der Waals surface area contributed by atoms with Crippen molar-refractivity contribution in [2.45, 2.75) is 19.4 Å². The molecule has 0 bridgehead atoms. The monoisotopic (exact) mass is 440 g/mol. The molecule has 1 saturated carbocycles. The van der Waals surface area contributed by atoms with Gasteiger partial charge in [0.25, 0.3) is 0 Å². The Hall–Kier alpha value is -3.80. The van der Waals surface area contributed by atoms with Gasteiger partial charge in [-0.3, -0.25) is 4.98 Å². The third-order valence-corrected chi connectivity index (χ3v) is 6.01. The molecule has 0 saturated heterocycles. The Morgan fingerprint density at radius 2 is 1.82 bits per heavy atom. The predicted molar refractivity (Wildman–Crippen MR) is 132 cm³/mol. The van der Waals surface area contributed by atoms with Crippen molar-refractivity contribution < 1.29 is 9.47 Å². The molecular weight excluding hydrogens is 412 g/mol. The van der Waals surface area contributed by atoms with E-state index >= 15 is 0 Å². The fourth-order valence-corrected chi connectivity index (χ4v) is 4.03. The molecule has 1 aliphatic rings. The number of methoxy groups -OCH3 is 2. The summed E-state index contributed by atoms with van der Waals surface area (Å²) in [5.74, 6) is 2.24. The lowest BCUT2D eigenvalue weighted by atomic mass is 10.1. The zero-order valence-corrected chi connectivity index (χ0v) is 19.1. The number of aromatic nitrogens is 3. The van der Waals surface area contributed by atoms with Crippen LogP contribution in [0.5, 0.6) is 11.5 Å². The van der Waals surface area contributed by atoms with Crippen molar-refractivity contribution in [2.24, 2.45) is 5.92 Å². The first-order chi connectivity index (χ1) is 16.2. The Bertz CT molecular complexity index is 1270. The van der Waals surface area contributed by atoms with Crippen LogP contribution >= 0.6 is 0 Å². The van der Waals surface area contributed by atoms with E-state index in [1.54, 1.807) is 14.2 Å². The minimum Gasteiger partial charge on any atom is -0.497 e. The number of hydrogen-bond donors (Lipinski definition) is 0. The van der Waals surface area contributed by atoms with Crippen LogP contribution in [0.1, 0.15) is 12.8 Å². The maximum atomic E-state index is 5.52. The highest BCUT2D eigenvalue weighted by Gasteiger charge is 2.26. The lowest BCUT2D eigenvalue weighted by Gasteiger charge is -2.26. The summed E-state index contributed by atoms with van der Waals surface area (Å²) in [6.07, 6.45) is 10.3. The van der Waals surface area contributed by atoms with Gasteiger partial charge >= 0.3 is 0 Å². The molecule has 2 heterocycles. The molecule has 33 heavy (non-hydrogen) atoms. The normalized spacial score (nSPS) is 13.2. The van der Waals surface area contributed by atoms with Crippen molar-refractivity contribution in [1.29, 1.82) is 0 Å². The first-order valence-electron chi connectivity index (χ1n) is 11.2. The molecule has 2 aromatic heterocycles. The fourth-order valence-electron chi connectivity index (χ4n) is 4.03. The smallest absolute Gasteiger partial charge is 0.124 e. The highest BCUT2D eigenvalue weighted by atomic mass is 16.5. The summed E-state index contributed by atoms with van der Waals surface area (Å²) in [7, 11) is 3.36. The first-order valence-corrected chi connectivity index (χ1v) is 11.2. The van der Waals surface area contributed by atoms with E-state index in [0.29, 0.717) is 5.92 Å². The molecule has 0 spiro atoms. The quantitative estimate of drug-likeness (QED) is 0.306. The average molecular weight is 441 g/mol. The van der Waals surface area contributed by atoms with Gasteiger partial charge in [0.2, 0.25) is 0 Å². The molecule has 1 fully saturated rings. The highest BCUT2D eigenvalue weighted by molar-refractivity contribution is 5.82. The Morgan fingerprint density at radius 3 is 2.52 bits per heavy atom. The molecule has 6 nitrogen and oxygen atoms in total. The van der Waals surface area contributed by atoms with E-state index in [4.69, 9.17) is 14.5 Å². The Labute approximate surface area is 194 Å². The van der Waals surface area contributed by atoms with E-state index < -0.39 is 0 Å². The Morgan fingerprint density at radius 1 is 1.03 bits per heavy atom. The molecular formula is C27H28N4O2. The largest absolute Gasteiger partial charge is 0.497 e. The number of fused-ring (bicyclic) bond motifs is 1. The highest BCUT2D eigenvalue weighted by Crippen LogP contribution is 2.38. The maximum absolute atomic E-state index is 5.52. The van der Waals surface area contributed by atoms with Crippen LogP contribution in [0.15, 0.2) is 73.7 Å². The molecule has 0 amide bonds. The maximum Gasteiger partial charge on any atom is 0.124 e. The minimum atomic E-state index is 0.694. The molecule has 0 aliphatic heterocycles. The third-order valence-electron chi connectivity index (χ3n) is 6.01. The van der Waals surface area contributed by atoms with Crippen LogP contribution in [0, 0.1) is 5.92 Å². The summed E-state index contributed by atoms with van der Waals surface area (Å²) < 4.78 is 13.1. The molecule has 0 atom stereocenters. The molecule has 6 heteroatoms. The van der Waals surface area contributed by atoms with Gasteiger partial charge in [0.1, 0.15) is 11.5 Å². The van der Waals surface area contributed by atoms with Crippen LogP contribution in [-0.2, 0) is 6.54 Å². The summed E-state index contributed by atoms with van der Waals surface area (Å²) in [4.78, 5) is 11.9. The second kappa shape index (κ2) is 8.98. The van der Waals surface area contributed by atoms with E-state index in [2.05, 4.69) is 57.6 Å². The van der Waals surface area contributed by atoms with Gasteiger partial charge in [-0.15, -0.1) is 6.58 Å². The number of allylic oxidation sites excluding steroid dienone is 1. The Balaban J connectivity index is 1.55. The fraction of sp³-hybridized carbons (Fsp3) is 0.259. The van der Waals surface area contributed by atoms with Crippen LogP contribution < -0.4 is 14.4 Å². The molecule has 0 unspecified atom stereocenters. The molecule has 2 aromatic carbocycles. The third kappa shape index (κ3) is 4.55. The van der Waals surface area contributed by atoms with Gasteiger partial charge < -0.3 is 18.9 Å². The number of benzene rings is 2. The van der Waals surface area contributed by atoms with Crippen molar-refractivity contribution >= 4 is 22.4 Å². The molecule has 0 radical (unpaired) electrons. The van der Waals surface area contributed by atoms with Crippen LogP contribution in [0.4, 0.5) is 11.4 Å². The van der Waals surface area contributed by atoms with E-state index in [1.807, 2.05) is 30.6 Å². The molecule has 4 aromatic rings. The topological polar surface area (TPSA) is 52.4 Å². The number of hydrogen-bond acceptors (Lipinski definition) is 5. The van der Waals surface area contributed by atoms with Crippen molar-refractivity contribution in [2.75, 3.05) is 25.7 Å².